The van der Waals surface area contributed by atoms with E-state index in [-0.39, 0.29) is 5.69 Å². The minimum Gasteiger partial charge on any atom is -0.476 e. The summed E-state index contributed by atoms with van der Waals surface area (Å²) in [5.41, 5.74) is 11.9. The van der Waals surface area contributed by atoms with E-state index in [1.54, 1.807) is 4.68 Å². The lowest BCUT2D eigenvalue weighted by molar-refractivity contribution is 0.0690. The molecule has 7 nitrogen and oxygen atoms in total. The van der Waals surface area contributed by atoms with Gasteiger partial charge in [-0.25, -0.2) is 4.79 Å². The summed E-state index contributed by atoms with van der Waals surface area (Å²) in [6, 6.07) is 5.69. The quantitative estimate of drug-likeness (QED) is 0.634. The molecule has 8 heteroatoms. The summed E-state index contributed by atoms with van der Waals surface area (Å²) in [6.45, 7) is 0.613. The first kappa shape index (κ1) is 18.1. The third-order valence-corrected chi connectivity index (χ3v) is 6.19. The van der Waals surface area contributed by atoms with Gasteiger partial charge in [0.25, 0.3) is 0 Å². The van der Waals surface area contributed by atoms with E-state index in [9.17, 15) is 4.79 Å². The average molecular weight is 410 g/mol. The van der Waals surface area contributed by atoms with Gasteiger partial charge in [0.05, 0.1) is 11.7 Å². The van der Waals surface area contributed by atoms with Crippen molar-refractivity contribution in [2.75, 3.05) is 5.73 Å². The van der Waals surface area contributed by atoms with Crippen LogP contribution < -0.4 is 5.73 Å². The van der Waals surface area contributed by atoms with E-state index in [4.69, 9.17) is 27.4 Å². The monoisotopic (exact) mass is 409 g/mol. The Morgan fingerprint density at radius 2 is 2.21 bits per heavy atom. The van der Waals surface area contributed by atoms with Gasteiger partial charge in [0.15, 0.2) is 5.69 Å². The highest BCUT2D eigenvalue weighted by Gasteiger charge is 2.33. The molecule has 2 atom stereocenters. The molecule has 29 heavy (non-hydrogen) atoms. The number of fused-ring (bicyclic) bond motifs is 5. The Kier molecular flexibility index (Phi) is 4.28. The maximum Gasteiger partial charge on any atom is 0.358 e. The Balaban J connectivity index is 1.39. The molecule has 2 aliphatic carbocycles. The number of carboxylic acids is 1. The molecule has 0 spiro atoms. The highest BCUT2D eigenvalue weighted by molar-refractivity contribution is 6.31. The van der Waals surface area contributed by atoms with Crippen molar-refractivity contribution in [1.29, 1.82) is 0 Å². The number of benzene rings is 1. The summed E-state index contributed by atoms with van der Waals surface area (Å²) in [7, 11) is 0. The number of aromatic carboxylic acids is 1. The van der Waals surface area contributed by atoms with E-state index in [2.05, 4.69) is 16.4 Å². The minimum atomic E-state index is -1.06. The van der Waals surface area contributed by atoms with Crippen LogP contribution in [0.5, 0.6) is 0 Å². The third kappa shape index (κ3) is 3.25. The van der Waals surface area contributed by atoms with Crippen LogP contribution in [0.4, 0.5) is 5.69 Å². The number of nitrogens with zero attached hydrogens (tertiary/aromatic N) is 4. The van der Waals surface area contributed by atoms with Crippen molar-refractivity contribution in [2.45, 2.75) is 38.1 Å². The molecule has 0 amide bonds. The first-order valence-electron chi connectivity index (χ1n) is 9.68. The van der Waals surface area contributed by atoms with E-state index in [0.717, 1.165) is 48.0 Å². The number of halogens is 1. The van der Waals surface area contributed by atoms with E-state index in [1.807, 2.05) is 18.2 Å². The molecule has 2 aromatic heterocycles. The lowest BCUT2D eigenvalue weighted by atomic mass is 9.70. The van der Waals surface area contributed by atoms with E-state index in [0.29, 0.717) is 23.4 Å². The molecular weight excluding hydrogens is 390 g/mol. The topological polar surface area (TPSA) is 107 Å². The first-order chi connectivity index (χ1) is 14.0. The number of pyridine rings is 1. The number of aryl methyl sites for hydroxylation is 1. The van der Waals surface area contributed by atoms with Crippen LogP contribution in [0, 0.1) is 5.92 Å². The van der Waals surface area contributed by atoms with Gasteiger partial charge in [0, 0.05) is 33.9 Å². The number of carboxylic acid groups (broad SMARTS) is 1. The Labute approximate surface area is 172 Å². The largest absolute Gasteiger partial charge is 0.476 e. The maximum absolute atomic E-state index is 11.0. The summed E-state index contributed by atoms with van der Waals surface area (Å²) in [5, 5.41) is 18.2. The fourth-order valence-electron chi connectivity index (χ4n) is 4.74. The molecule has 0 saturated carbocycles. The molecule has 2 aliphatic rings. The van der Waals surface area contributed by atoms with Crippen molar-refractivity contribution in [3.05, 3.63) is 58.0 Å². The van der Waals surface area contributed by atoms with Gasteiger partial charge < -0.3 is 10.8 Å². The van der Waals surface area contributed by atoms with Gasteiger partial charge in [-0.3, -0.25) is 9.67 Å². The standard InChI is InChI=1S/C21H20ClN5O2/c22-14-1-2-15-16(9-14)24-17-8-12-5-11(6-13(7-12)19(17)20(15)23)3-4-27-10-18(21(28)29)25-26-27/h1-2,5,9-10,12-13H,3-4,6-8H2,(H2,23,24)(H,28,29). The van der Waals surface area contributed by atoms with Gasteiger partial charge in [0.2, 0.25) is 0 Å². The van der Waals surface area contributed by atoms with Crippen LogP contribution in [-0.4, -0.2) is 31.1 Å². The van der Waals surface area contributed by atoms with E-state index < -0.39 is 5.97 Å². The molecule has 5 rings (SSSR count). The van der Waals surface area contributed by atoms with Crippen LogP contribution in [0.1, 0.15) is 46.9 Å². The third-order valence-electron chi connectivity index (χ3n) is 5.96. The van der Waals surface area contributed by atoms with Gasteiger partial charge in [-0.05, 0) is 55.7 Å². The number of hydrogen-bond donors (Lipinski definition) is 2. The molecule has 3 N–H and O–H groups in total. The molecule has 2 heterocycles. The lowest BCUT2D eigenvalue weighted by Gasteiger charge is -2.36. The molecule has 2 unspecified atom stereocenters. The fourth-order valence-corrected chi connectivity index (χ4v) is 4.90. The van der Waals surface area contributed by atoms with Gasteiger partial charge in [0.1, 0.15) is 0 Å². The first-order valence-corrected chi connectivity index (χ1v) is 10.1. The summed E-state index contributed by atoms with van der Waals surface area (Å²) >= 11 is 6.14. The van der Waals surface area contributed by atoms with Crippen molar-refractivity contribution >= 4 is 34.2 Å². The number of aromatic nitrogens is 4. The number of nitrogens with two attached hydrogens (primary N) is 1. The second kappa shape index (κ2) is 6.84. The molecule has 0 saturated heterocycles. The summed E-state index contributed by atoms with van der Waals surface area (Å²) in [4.78, 5) is 15.8. The van der Waals surface area contributed by atoms with Crippen molar-refractivity contribution in [3.63, 3.8) is 0 Å². The zero-order valence-corrected chi connectivity index (χ0v) is 16.4. The number of nitrogen functional groups attached to an aromatic ring is 1. The second-order valence-electron chi connectivity index (χ2n) is 7.90. The molecule has 1 aromatic carbocycles. The van der Waals surface area contributed by atoms with Gasteiger partial charge in [-0.2, -0.15) is 0 Å². The molecular formula is C21H20ClN5O2. The summed E-state index contributed by atoms with van der Waals surface area (Å²) in [6.07, 6.45) is 7.56. The molecule has 0 fully saturated rings. The number of allylic oxidation sites excluding steroid dienone is 2. The van der Waals surface area contributed by atoms with Crippen molar-refractivity contribution in [1.82, 2.24) is 20.0 Å². The Morgan fingerprint density at radius 1 is 1.34 bits per heavy atom. The molecule has 148 valence electrons. The van der Waals surface area contributed by atoms with Crippen molar-refractivity contribution in [3.8, 4) is 0 Å². The average Bonchev–Trinajstić information content (AvgIpc) is 3.15. The number of carbonyl (C=O) groups is 1. The van der Waals surface area contributed by atoms with Crippen LogP contribution in [0.25, 0.3) is 10.9 Å². The van der Waals surface area contributed by atoms with Crippen LogP contribution in [0.2, 0.25) is 5.02 Å². The predicted octanol–water partition coefficient (Wildman–Crippen LogP) is 3.83. The Bertz CT molecular complexity index is 1170. The van der Waals surface area contributed by atoms with Crippen molar-refractivity contribution < 1.29 is 9.90 Å². The molecule has 0 radical (unpaired) electrons. The predicted molar refractivity (Wildman–Crippen MR) is 110 cm³/mol. The zero-order chi connectivity index (χ0) is 20.1. The SMILES string of the molecule is Nc1c2c(nc3cc(Cl)ccc13)CC1C=C(CCn3cc(C(=O)O)nn3)CC2C1. The highest BCUT2D eigenvalue weighted by Crippen LogP contribution is 2.47. The Hall–Kier alpha value is -2.93. The molecule has 0 aliphatic heterocycles. The highest BCUT2D eigenvalue weighted by atomic mass is 35.5. The number of hydrogen-bond acceptors (Lipinski definition) is 5. The molecule has 2 bridgehead atoms. The smallest absolute Gasteiger partial charge is 0.358 e. The van der Waals surface area contributed by atoms with Crippen LogP contribution in [0.15, 0.2) is 36.0 Å². The maximum atomic E-state index is 11.0. The minimum absolute atomic E-state index is 0.0285. The number of anilines is 1. The van der Waals surface area contributed by atoms with Gasteiger partial charge in [-0.1, -0.05) is 28.5 Å². The summed E-state index contributed by atoms with van der Waals surface area (Å²) in [5.74, 6) is -0.248. The van der Waals surface area contributed by atoms with E-state index in [1.165, 1.54) is 17.3 Å². The van der Waals surface area contributed by atoms with Crippen LogP contribution in [-0.2, 0) is 13.0 Å². The van der Waals surface area contributed by atoms with Crippen LogP contribution in [0.3, 0.4) is 0 Å². The zero-order valence-electron chi connectivity index (χ0n) is 15.7. The van der Waals surface area contributed by atoms with E-state index >= 15 is 0 Å². The number of rotatable bonds is 4. The normalized spacial score (nSPS) is 20.4. The van der Waals surface area contributed by atoms with Crippen LogP contribution >= 0.6 is 11.6 Å². The fraction of sp³-hybridized carbons (Fsp3) is 0.333. The lowest BCUT2D eigenvalue weighted by Crippen LogP contribution is -2.25. The summed E-state index contributed by atoms with van der Waals surface area (Å²) < 4.78 is 1.59. The Morgan fingerprint density at radius 3 is 3.00 bits per heavy atom. The second-order valence-corrected chi connectivity index (χ2v) is 8.33. The van der Waals surface area contributed by atoms with Gasteiger partial charge in [-0.15, -0.1) is 5.10 Å². The van der Waals surface area contributed by atoms with Gasteiger partial charge >= 0.3 is 5.97 Å². The van der Waals surface area contributed by atoms with Crippen molar-refractivity contribution in [2.24, 2.45) is 5.92 Å². The molecule has 3 aromatic rings.